The highest BCUT2D eigenvalue weighted by Gasteiger charge is 2.21. The quantitative estimate of drug-likeness (QED) is 0.706. The molecule has 0 radical (unpaired) electrons. The number of halogens is 1. The zero-order valence-electron chi connectivity index (χ0n) is 16.4. The molecule has 1 N–H and O–H groups in total. The molecule has 29 heavy (non-hydrogen) atoms. The fourth-order valence-electron chi connectivity index (χ4n) is 2.62. The van der Waals surface area contributed by atoms with E-state index in [0.29, 0.717) is 22.8 Å². The first-order valence-electron chi connectivity index (χ1n) is 9.06. The van der Waals surface area contributed by atoms with Gasteiger partial charge in [-0.1, -0.05) is 32.9 Å². The lowest BCUT2D eigenvalue weighted by molar-refractivity contribution is -0.118. The Morgan fingerprint density at radius 2 is 1.90 bits per heavy atom. The SMILES string of the molecule is CC(C)(C)c1cc(NC(=O)COc2ccccc2C#N)n(-c2ccc(F)cc2)n1. The molecule has 3 aromatic rings. The highest BCUT2D eigenvalue weighted by atomic mass is 19.1. The molecule has 6 nitrogen and oxygen atoms in total. The van der Waals surface area contributed by atoms with E-state index in [0.717, 1.165) is 5.69 Å². The summed E-state index contributed by atoms with van der Waals surface area (Å²) in [5.74, 6) is 0.0323. The van der Waals surface area contributed by atoms with Gasteiger partial charge in [-0.25, -0.2) is 9.07 Å². The van der Waals surface area contributed by atoms with Crippen LogP contribution in [0, 0.1) is 17.1 Å². The summed E-state index contributed by atoms with van der Waals surface area (Å²) in [7, 11) is 0. The Labute approximate surface area is 168 Å². The number of nitriles is 1. The van der Waals surface area contributed by atoms with Gasteiger partial charge in [-0.05, 0) is 36.4 Å². The summed E-state index contributed by atoms with van der Waals surface area (Å²) in [5, 5.41) is 16.5. The third-order valence-corrected chi connectivity index (χ3v) is 4.18. The molecule has 0 aliphatic heterocycles. The monoisotopic (exact) mass is 392 g/mol. The van der Waals surface area contributed by atoms with Gasteiger partial charge in [-0.15, -0.1) is 0 Å². The maximum Gasteiger partial charge on any atom is 0.263 e. The Kier molecular flexibility index (Phi) is 5.64. The molecule has 0 aliphatic rings. The number of nitrogens with one attached hydrogen (secondary N) is 1. The van der Waals surface area contributed by atoms with Gasteiger partial charge in [0.25, 0.3) is 5.91 Å². The average Bonchev–Trinajstić information content (AvgIpc) is 3.11. The van der Waals surface area contributed by atoms with Crippen molar-refractivity contribution in [3.8, 4) is 17.5 Å². The highest BCUT2D eigenvalue weighted by molar-refractivity contribution is 5.91. The van der Waals surface area contributed by atoms with Crippen LogP contribution in [0.1, 0.15) is 32.0 Å². The van der Waals surface area contributed by atoms with Crippen LogP contribution in [0.5, 0.6) is 5.75 Å². The average molecular weight is 392 g/mol. The summed E-state index contributed by atoms with van der Waals surface area (Å²) in [6, 6.07) is 16.4. The van der Waals surface area contributed by atoms with Crippen LogP contribution in [0.25, 0.3) is 5.69 Å². The number of hydrogen-bond acceptors (Lipinski definition) is 4. The molecule has 148 valence electrons. The van der Waals surface area contributed by atoms with E-state index in [1.165, 1.54) is 12.1 Å². The topological polar surface area (TPSA) is 79.9 Å². The summed E-state index contributed by atoms with van der Waals surface area (Å²) in [6.07, 6.45) is 0. The van der Waals surface area contributed by atoms with Crippen LogP contribution in [0.4, 0.5) is 10.2 Å². The van der Waals surface area contributed by atoms with Gasteiger partial charge in [0.15, 0.2) is 6.61 Å². The molecule has 0 fully saturated rings. The molecule has 0 saturated carbocycles. The number of rotatable bonds is 5. The molecule has 0 aliphatic carbocycles. The van der Waals surface area contributed by atoms with Gasteiger partial charge in [-0.3, -0.25) is 4.79 Å². The van der Waals surface area contributed by atoms with Crippen molar-refractivity contribution in [2.24, 2.45) is 0 Å². The van der Waals surface area contributed by atoms with Crippen molar-refractivity contribution in [1.29, 1.82) is 5.26 Å². The summed E-state index contributed by atoms with van der Waals surface area (Å²) in [5.41, 5.74) is 1.50. The molecule has 1 aromatic heterocycles. The second-order valence-corrected chi connectivity index (χ2v) is 7.50. The predicted molar refractivity (Wildman–Crippen MR) is 108 cm³/mol. The Balaban J connectivity index is 1.82. The number of ether oxygens (including phenoxy) is 1. The van der Waals surface area contributed by atoms with Crippen LogP contribution in [-0.4, -0.2) is 22.3 Å². The van der Waals surface area contributed by atoms with Crippen LogP contribution in [-0.2, 0) is 10.2 Å². The van der Waals surface area contributed by atoms with Crippen LogP contribution < -0.4 is 10.1 Å². The minimum atomic E-state index is -0.401. The molecule has 0 saturated heterocycles. The molecule has 1 heterocycles. The third kappa shape index (κ3) is 4.79. The first kappa shape index (κ1) is 20.1. The minimum Gasteiger partial charge on any atom is -0.482 e. The number of carbonyl (C=O) groups is 1. The molecular weight excluding hydrogens is 371 g/mol. The van der Waals surface area contributed by atoms with E-state index in [-0.39, 0.29) is 17.8 Å². The zero-order chi connectivity index (χ0) is 21.0. The largest absolute Gasteiger partial charge is 0.482 e. The Morgan fingerprint density at radius 3 is 2.55 bits per heavy atom. The van der Waals surface area contributed by atoms with Crippen molar-refractivity contribution in [3.63, 3.8) is 0 Å². The molecule has 0 unspecified atom stereocenters. The summed E-state index contributed by atoms with van der Waals surface area (Å²) < 4.78 is 20.3. The maximum atomic E-state index is 13.3. The number of anilines is 1. The van der Waals surface area contributed by atoms with Crippen molar-refractivity contribution in [2.45, 2.75) is 26.2 Å². The van der Waals surface area contributed by atoms with E-state index in [9.17, 15) is 9.18 Å². The van der Waals surface area contributed by atoms with Gasteiger partial charge in [-0.2, -0.15) is 10.4 Å². The molecule has 0 spiro atoms. The van der Waals surface area contributed by atoms with Crippen LogP contribution in [0.2, 0.25) is 0 Å². The van der Waals surface area contributed by atoms with E-state index in [4.69, 9.17) is 10.00 Å². The maximum absolute atomic E-state index is 13.3. The van der Waals surface area contributed by atoms with Crippen molar-refractivity contribution in [2.75, 3.05) is 11.9 Å². The number of para-hydroxylation sites is 1. The van der Waals surface area contributed by atoms with Gasteiger partial charge in [0.05, 0.1) is 16.9 Å². The number of aromatic nitrogens is 2. The van der Waals surface area contributed by atoms with E-state index in [1.807, 2.05) is 26.8 Å². The van der Waals surface area contributed by atoms with Crippen molar-refractivity contribution >= 4 is 11.7 Å². The number of hydrogen-bond donors (Lipinski definition) is 1. The molecule has 2 aromatic carbocycles. The first-order valence-corrected chi connectivity index (χ1v) is 9.06. The molecule has 1 amide bonds. The van der Waals surface area contributed by atoms with Crippen LogP contribution in [0.15, 0.2) is 54.6 Å². The van der Waals surface area contributed by atoms with Crippen molar-refractivity contribution < 1.29 is 13.9 Å². The van der Waals surface area contributed by atoms with E-state index >= 15 is 0 Å². The van der Waals surface area contributed by atoms with Gasteiger partial charge < -0.3 is 10.1 Å². The van der Waals surface area contributed by atoms with Crippen molar-refractivity contribution in [1.82, 2.24) is 9.78 Å². The fourth-order valence-corrected chi connectivity index (χ4v) is 2.62. The Morgan fingerprint density at radius 1 is 1.21 bits per heavy atom. The summed E-state index contributed by atoms with van der Waals surface area (Å²) >= 11 is 0. The van der Waals surface area contributed by atoms with E-state index in [1.54, 1.807) is 47.1 Å². The molecule has 7 heteroatoms. The molecule has 0 bridgehead atoms. The summed E-state index contributed by atoms with van der Waals surface area (Å²) in [6.45, 7) is 5.77. The number of amides is 1. The van der Waals surface area contributed by atoms with Gasteiger partial charge in [0.1, 0.15) is 23.5 Å². The number of carbonyl (C=O) groups excluding carboxylic acids is 1. The predicted octanol–water partition coefficient (Wildman–Crippen LogP) is 4.20. The molecule has 3 rings (SSSR count). The smallest absolute Gasteiger partial charge is 0.263 e. The number of nitrogens with zero attached hydrogens (tertiary/aromatic N) is 3. The van der Waals surface area contributed by atoms with Crippen molar-refractivity contribution in [3.05, 3.63) is 71.7 Å². The van der Waals surface area contributed by atoms with Crippen LogP contribution >= 0.6 is 0 Å². The van der Waals surface area contributed by atoms with Gasteiger partial charge >= 0.3 is 0 Å². The lowest BCUT2D eigenvalue weighted by Gasteiger charge is -2.14. The fraction of sp³-hybridized carbons (Fsp3) is 0.227. The lowest BCUT2D eigenvalue weighted by atomic mass is 9.92. The van der Waals surface area contributed by atoms with Crippen LogP contribution in [0.3, 0.4) is 0 Å². The highest BCUT2D eigenvalue weighted by Crippen LogP contribution is 2.26. The van der Waals surface area contributed by atoms with Gasteiger partial charge in [0.2, 0.25) is 0 Å². The lowest BCUT2D eigenvalue weighted by Crippen LogP contribution is -2.22. The first-order chi connectivity index (χ1) is 13.8. The number of benzene rings is 2. The van der Waals surface area contributed by atoms with E-state index in [2.05, 4.69) is 10.4 Å². The van der Waals surface area contributed by atoms with Gasteiger partial charge in [0, 0.05) is 11.5 Å². The third-order valence-electron chi connectivity index (χ3n) is 4.18. The summed E-state index contributed by atoms with van der Waals surface area (Å²) in [4.78, 5) is 12.5. The normalized spacial score (nSPS) is 11.0. The Hall–Kier alpha value is -3.66. The molecular formula is C22H21FN4O2. The second-order valence-electron chi connectivity index (χ2n) is 7.50. The standard InChI is InChI=1S/C22H21FN4O2/c1-22(2,3)19-12-20(27(26-19)17-10-8-16(23)9-11-17)25-21(28)14-29-18-7-5-4-6-15(18)13-24/h4-12H,14H2,1-3H3,(H,25,28). The Bertz CT molecular complexity index is 1060. The minimum absolute atomic E-state index is 0.243. The zero-order valence-corrected chi connectivity index (χ0v) is 16.4. The molecule has 0 atom stereocenters. The second kappa shape index (κ2) is 8.15. The van der Waals surface area contributed by atoms with E-state index < -0.39 is 5.91 Å².